The Balaban J connectivity index is 2.97. The van der Waals surface area contributed by atoms with Gasteiger partial charge in [0.05, 0.1) is 5.69 Å². The normalized spacial score (nSPS) is 10.4. The van der Waals surface area contributed by atoms with Crippen LogP contribution in [-0.4, -0.2) is 6.29 Å². The van der Waals surface area contributed by atoms with Gasteiger partial charge in [-0.25, -0.2) is 4.79 Å². The van der Waals surface area contributed by atoms with E-state index in [1.165, 1.54) is 6.07 Å². The molecule has 1 aromatic carbocycles. The molecule has 5 nitrogen and oxygen atoms in total. The van der Waals surface area contributed by atoms with E-state index in [2.05, 4.69) is 0 Å². The van der Waals surface area contributed by atoms with Crippen LogP contribution in [0.1, 0.15) is 10.4 Å². The molecule has 2 rings (SSSR count). The van der Waals surface area contributed by atoms with Crippen LogP contribution >= 0.6 is 0 Å². The number of carbonyl (C=O) groups excluding carboxylic acids is 1. The SMILES string of the molecule is Nc1ccc2c(N)c(C=O)c(=O)oc2c1. The zero-order valence-electron chi connectivity index (χ0n) is 7.69. The molecule has 0 radical (unpaired) electrons. The van der Waals surface area contributed by atoms with Crippen molar-refractivity contribution in [2.24, 2.45) is 0 Å². The van der Waals surface area contributed by atoms with Crippen molar-refractivity contribution in [3.63, 3.8) is 0 Å². The summed E-state index contributed by atoms with van der Waals surface area (Å²) in [5.41, 5.74) is 11.1. The molecule has 0 saturated heterocycles. The molecule has 0 aliphatic carbocycles. The Labute approximate surface area is 84.3 Å². The molecule has 0 aliphatic rings. The Morgan fingerprint density at radius 2 is 2.00 bits per heavy atom. The summed E-state index contributed by atoms with van der Waals surface area (Å²) in [6.45, 7) is 0. The van der Waals surface area contributed by atoms with Gasteiger partial charge < -0.3 is 15.9 Å². The van der Waals surface area contributed by atoms with Gasteiger partial charge in [-0.15, -0.1) is 0 Å². The molecule has 1 aromatic heterocycles. The lowest BCUT2D eigenvalue weighted by molar-refractivity contribution is 0.112. The van der Waals surface area contributed by atoms with Gasteiger partial charge in [-0.05, 0) is 12.1 Å². The van der Waals surface area contributed by atoms with Gasteiger partial charge >= 0.3 is 5.63 Å². The van der Waals surface area contributed by atoms with Crippen LogP contribution in [0.15, 0.2) is 27.4 Å². The second kappa shape index (κ2) is 3.13. The first-order valence-corrected chi connectivity index (χ1v) is 4.20. The first-order valence-electron chi connectivity index (χ1n) is 4.20. The summed E-state index contributed by atoms with van der Waals surface area (Å²) in [4.78, 5) is 21.9. The van der Waals surface area contributed by atoms with E-state index in [4.69, 9.17) is 15.9 Å². The largest absolute Gasteiger partial charge is 0.422 e. The molecule has 76 valence electrons. The average molecular weight is 204 g/mol. The highest BCUT2D eigenvalue weighted by atomic mass is 16.4. The summed E-state index contributed by atoms with van der Waals surface area (Å²) in [5, 5.41) is 0.505. The van der Waals surface area contributed by atoms with Crippen molar-refractivity contribution >= 4 is 28.6 Å². The number of benzene rings is 1. The highest BCUT2D eigenvalue weighted by Crippen LogP contribution is 2.23. The molecule has 0 bridgehead atoms. The molecule has 0 fully saturated rings. The maximum atomic E-state index is 11.3. The van der Waals surface area contributed by atoms with Gasteiger partial charge in [0.2, 0.25) is 0 Å². The Morgan fingerprint density at radius 3 is 2.67 bits per heavy atom. The summed E-state index contributed by atoms with van der Waals surface area (Å²) in [6.07, 6.45) is 0.386. The van der Waals surface area contributed by atoms with E-state index < -0.39 is 5.63 Å². The van der Waals surface area contributed by atoms with E-state index in [1.54, 1.807) is 12.1 Å². The van der Waals surface area contributed by atoms with E-state index in [1.807, 2.05) is 0 Å². The lowest BCUT2D eigenvalue weighted by atomic mass is 10.1. The molecule has 4 N–H and O–H groups in total. The predicted molar refractivity (Wildman–Crippen MR) is 56.7 cm³/mol. The molecule has 0 atom stereocenters. The van der Waals surface area contributed by atoms with Crippen molar-refractivity contribution < 1.29 is 9.21 Å². The van der Waals surface area contributed by atoms with Gasteiger partial charge in [0.25, 0.3) is 0 Å². The molecular weight excluding hydrogens is 196 g/mol. The monoisotopic (exact) mass is 204 g/mol. The standard InChI is InChI=1S/C10H8N2O3/c11-5-1-2-6-8(3-5)15-10(14)7(4-13)9(6)12/h1-4H,11-12H2. The molecule has 5 heteroatoms. The van der Waals surface area contributed by atoms with Crippen LogP contribution in [0.25, 0.3) is 11.0 Å². The fraction of sp³-hybridized carbons (Fsp3) is 0. The minimum atomic E-state index is -0.749. The van der Waals surface area contributed by atoms with Crippen molar-refractivity contribution in [3.05, 3.63) is 34.2 Å². The average Bonchev–Trinajstić information content (AvgIpc) is 2.17. The Bertz CT molecular complexity index is 601. The molecule has 0 amide bonds. The fourth-order valence-corrected chi connectivity index (χ4v) is 1.37. The van der Waals surface area contributed by atoms with E-state index in [-0.39, 0.29) is 16.8 Å². The van der Waals surface area contributed by atoms with E-state index in [0.717, 1.165) is 0 Å². The number of anilines is 2. The van der Waals surface area contributed by atoms with Gasteiger partial charge in [0, 0.05) is 17.1 Å². The van der Waals surface area contributed by atoms with Crippen LogP contribution in [0.2, 0.25) is 0 Å². The molecule has 0 saturated carbocycles. The number of fused-ring (bicyclic) bond motifs is 1. The number of nitrogens with two attached hydrogens (primary N) is 2. The van der Waals surface area contributed by atoms with Crippen LogP contribution in [-0.2, 0) is 0 Å². The van der Waals surface area contributed by atoms with E-state index in [0.29, 0.717) is 17.4 Å². The highest BCUT2D eigenvalue weighted by Gasteiger charge is 2.10. The van der Waals surface area contributed by atoms with Crippen LogP contribution < -0.4 is 17.1 Å². The van der Waals surface area contributed by atoms with Crippen molar-refractivity contribution in [2.45, 2.75) is 0 Å². The second-order valence-corrected chi connectivity index (χ2v) is 3.09. The first kappa shape index (κ1) is 9.26. The van der Waals surface area contributed by atoms with Crippen LogP contribution in [0.4, 0.5) is 11.4 Å². The minimum Gasteiger partial charge on any atom is -0.422 e. The lowest BCUT2D eigenvalue weighted by Gasteiger charge is -2.03. The molecule has 0 unspecified atom stereocenters. The molecule has 2 aromatic rings. The quantitative estimate of drug-likeness (QED) is 0.406. The minimum absolute atomic E-state index is 0.122. The van der Waals surface area contributed by atoms with Gasteiger partial charge in [-0.2, -0.15) is 0 Å². The Kier molecular flexibility index (Phi) is 1.93. The van der Waals surface area contributed by atoms with Crippen molar-refractivity contribution in [2.75, 3.05) is 11.5 Å². The third-order valence-corrected chi connectivity index (χ3v) is 2.13. The summed E-state index contributed by atoms with van der Waals surface area (Å²) in [6, 6.07) is 4.71. The fourth-order valence-electron chi connectivity index (χ4n) is 1.37. The lowest BCUT2D eigenvalue weighted by Crippen LogP contribution is -2.10. The third kappa shape index (κ3) is 1.34. The van der Waals surface area contributed by atoms with Crippen LogP contribution in [0.3, 0.4) is 0 Å². The summed E-state index contributed by atoms with van der Waals surface area (Å²) in [7, 11) is 0. The molecule has 1 heterocycles. The maximum absolute atomic E-state index is 11.3. The molecular formula is C10H8N2O3. The number of hydrogen-bond acceptors (Lipinski definition) is 5. The van der Waals surface area contributed by atoms with Crippen molar-refractivity contribution in [1.29, 1.82) is 0 Å². The number of carbonyl (C=O) groups is 1. The van der Waals surface area contributed by atoms with Crippen LogP contribution in [0.5, 0.6) is 0 Å². The maximum Gasteiger partial charge on any atom is 0.349 e. The van der Waals surface area contributed by atoms with Gasteiger partial charge in [0.1, 0.15) is 11.1 Å². The van der Waals surface area contributed by atoms with Gasteiger partial charge in [-0.1, -0.05) is 0 Å². The first-order chi connectivity index (χ1) is 7.13. The number of aldehydes is 1. The smallest absolute Gasteiger partial charge is 0.349 e. The van der Waals surface area contributed by atoms with Crippen LogP contribution in [0, 0.1) is 0 Å². The second-order valence-electron chi connectivity index (χ2n) is 3.09. The Hall–Kier alpha value is -2.30. The number of nitrogen functional groups attached to an aromatic ring is 2. The summed E-state index contributed by atoms with van der Waals surface area (Å²) >= 11 is 0. The zero-order valence-corrected chi connectivity index (χ0v) is 7.69. The molecule has 0 spiro atoms. The van der Waals surface area contributed by atoms with Crippen molar-refractivity contribution in [3.8, 4) is 0 Å². The Morgan fingerprint density at radius 1 is 1.27 bits per heavy atom. The number of rotatable bonds is 1. The van der Waals surface area contributed by atoms with Gasteiger partial charge in [-0.3, -0.25) is 4.79 Å². The zero-order chi connectivity index (χ0) is 11.0. The molecule has 0 aliphatic heterocycles. The molecule has 15 heavy (non-hydrogen) atoms. The van der Waals surface area contributed by atoms with Gasteiger partial charge in [0.15, 0.2) is 6.29 Å². The summed E-state index contributed by atoms with van der Waals surface area (Å²) < 4.78 is 4.90. The topological polar surface area (TPSA) is 99.3 Å². The van der Waals surface area contributed by atoms with E-state index in [9.17, 15) is 9.59 Å². The predicted octanol–water partition coefficient (Wildman–Crippen LogP) is 0.770. The summed E-state index contributed by atoms with van der Waals surface area (Å²) in [5.74, 6) is 0. The third-order valence-electron chi connectivity index (χ3n) is 2.13. The van der Waals surface area contributed by atoms with E-state index >= 15 is 0 Å². The highest BCUT2D eigenvalue weighted by molar-refractivity contribution is 5.98. The van der Waals surface area contributed by atoms with Crippen molar-refractivity contribution in [1.82, 2.24) is 0 Å². The number of hydrogen-bond donors (Lipinski definition) is 2.